The highest BCUT2D eigenvalue weighted by Gasteiger charge is 2.15. The molecule has 0 aliphatic rings. The lowest BCUT2D eigenvalue weighted by Crippen LogP contribution is -2.15. The number of carbonyl (C=O) groups is 2. The van der Waals surface area contributed by atoms with Gasteiger partial charge >= 0.3 is 5.97 Å². The maximum atomic E-state index is 12.7. The lowest BCUT2D eigenvalue weighted by Gasteiger charge is -2.12. The van der Waals surface area contributed by atoms with Crippen LogP contribution < -0.4 is 10.1 Å². The van der Waals surface area contributed by atoms with Crippen LogP contribution in [0.1, 0.15) is 38.0 Å². The highest BCUT2D eigenvalue weighted by Crippen LogP contribution is 2.23. The standard InChI is InChI=1S/C20H19N3O5/c1-12-10-14(20(25)26-3)8-9-16(12)22-19(24)15-6-4-5-7-17(15)27-11-18-21-13(2)28-23-18/h4-10H,11H2,1-3H3,(H,22,24). The lowest BCUT2D eigenvalue weighted by molar-refractivity contribution is 0.0600. The number of ether oxygens (including phenoxy) is 2. The Kier molecular flexibility index (Phi) is 5.69. The fourth-order valence-electron chi connectivity index (χ4n) is 2.56. The van der Waals surface area contributed by atoms with Crippen LogP contribution in [0.4, 0.5) is 5.69 Å². The van der Waals surface area contributed by atoms with E-state index in [1.165, 1.54) is 7.11 Å². The van der Waals surface area contributed by atoms with Crippen LogP contribution in [0.3, 0.4) is 0 Å². The van der Waals surface area contributed by atoms with Crippen LogP contribution in [0.25, 0.3) is 0 Å². The smallest absolute Gasteiger partial charge is 0.337 e. The van der Waals surface area contributed by atoms with Gasteiger partial charge in [0.25, 0.3) is 5.91 Å². The molecule has 28 heavy (non-hydrogen) atoms. The Morgan fingerprint density at radius 1 is 1.14 bits per heavy atom. The molecule has 1 N–H and O–H groups in total. The van der Waals surface area contributed by atoms with E-state index in [-0.39, 0.29) is 12.5 Å². The summed E-state index contributed by atoms with van der Waals surface area (Å²) in [4.78, 5) is 28.4. The molecular weight excluding hydrogens is 362 g/mol. The first kappa shape index (κ1) is 19.1. The number of amides is 1. The van der Waals surface area contributed by atoms with E-state index in [4.69, 9.17) is 14.0 Å². The number of methoxy groups -OCH3 is 1. The van der Waals surface area contributed by atoms with E-state index in [9.17, 15) is 9.59 Å². The number of hydrogen-bond donors (Lipinski definition) is 1. The Hall–Kier alpha value is -3.68. The first-order valence-corrected chi connectivity index (χ1v) is 8.49. The molecule has 0 fully saturated rings. The highest BCUT2D eigenvalue weighted by molar-refractivity contribution is 6.06. The molecule has 1 aromatic heterocycles. The monoisotopic (exact) mass is 381 g/mol. The summed E-state index contributed by atoms with van der Waals surface area (Å²) in [5.41, 5.74) is 2.09. The van der Waals surface area contributed by atoms with Gasteiger partial charge < -0.3 is 19.3 Å². The quantitative estimate of drug-likeness (QED) is 0.653. The molecule has 8 nitrogen and oxygen atoms in total. The Balaban J connectivity index is 1.75. The van der Waals surface area contributed by atoms with Crippen LogP contribution in [0.5, 0.6) is 5.75 Å². The summed E-state index contributed by atoms with van der Waals surface area (Å²) in [6.45, 7) is 3.56. The molecule has 0 unspecified atom stereocenters. The SMILES string of the molecule is COC(=O)c1ccc(NC(=O)c2ccccc2OCc2noc(C)n2)c(C)c1. The molecule has 3 rings (SSSR count). The van der Waals surface area contributed by atoms with Crippen LogP contribution >= 0.6 is 0 Å². The first-order chi connectivity index (χ1) is 13.5. The maximum absolute atomic E-state index is 12.7. The van der Waals surface area contributed by atoms with Gasteiger partial charge in [0, 0.05) is 12.6 Å². The van der Waals surface area contributed by atoms with Crippen LogP contribution in [-0.2, 0) is 11.3 Å². The van der Waals surface area contributed by atoms with Crippen molar-refractivity contribution in [1.82, 2.24) is 10.1 Å². The van der Waals surface area contributed by atoms with Crippen molar-refractivity contribution in [2.24, 2.45) is 0 Å². The van der Waals surface area contributed by atoms with Crippen molar-refractivity contribution < 1.29 is 23.6 Å². The Morgan fingerprint density at radius 2 is 1.93 bits per heavy atom. The summed E-state index contributed by atoms with van der Waals surface area (Å²) in [6, 6.07) is 11.8. The number of hydrogen-bond acceptors (Lipinski definition) is 7. The van der Waals surface area contributed by atoms with Crippen molar-refractivity contribution in [1.29, 1.82) is 0 Å². The van der Waals surface area contributed by atoms with E-state index < -0.39 is 5.97 Å². The van der Waals surface area contributed by atoms with Gasteiger partial charge in [-0.05, 0) is 42.8 Å². The van der Waals surface area contributed by atoms with Gasteiger partial charge in [-0.1, -0.05) is 17.3 Å². The second kappa shape index (κ2) is 8.34. The molecule has 0 radical (unpaired) electrons. The van der Waals surface area contributed by atoms with Crippen molar-refractivity contribution in [2.75, 3.05) is 12.4 Å². The second-order valence-electron chi connectivity index (χ2n) is 5.99. The Labute approximate surface area is 161 Å². The molecule has 0 aliphatic carbocycles. The molecule has 2 aromatic carbocycles. The number of anilines is 1. The second-order valence-corrected chi connectivity index (χ2v) is 5.99. The molecule has 0 saturated heterocycles. The average Bonchev–Trinajstić information content (AvgIpc) is 3.12. The van der Waals surface area contributed by atoms with Crippen molar-refractivity contribution in [2.45, 2.75) is 20.5 Å². The van der Waals surface area contributed by atoms with Gasteiger partial charge in [0.15, 0.2) is 6.61 Å². The minimum absolute atomic E-state index is 0.0779. The number of carbonyl (C=O) groups excluding carboxylic acids is 2. The molecule has 144 valence electrons. The van der Waals surface area contributed by atoms with E-state index in [1.54, 1.807) is 56.3 Å². The van der Waals surface area contributed by atoms with Crippen molar-refractivity contribution >= 4 is 17.6 Å². The minimum atomic E-state index is -0.434. The van der Waals surface area contributed by atoms with Gasteiger partial charge in [0.1, 0.15) is 5.75 Å². The van der Waals surface area contributed by atoms with E-state index >= 15 is 0 Å². The number of nitrogens with zero attached hydrogens (tertiary/aromatic N) is 2. The third-order valence-electron chi connectivity index (χ3n) is 3.95. The molecular formula is C20H19N3O5. The summed E-state index contributed by atoms with van der Waals surface area (Å²) in [7, 11) is 1.32. The third-order valence-corrected chi connectivity index (χ3v) is 3.95. The summed E-state index contributed by atoms with van der Waals surface area (Å²) in [5, 5.41) is 6.60. The molecule has 1 heterocycles. The number of para-hydroxylation sites is 1. The van der Waals surface area contributed by atoms with Gasteiger partial charge in [-0.2, -0.15) is 4.98 Å². The van der Waals surface area contributed by atoms with Crippen molar-refractivity contribution in [3.05, 3.63) is 70.9 Å². The maximum Gasteiger partial charge on any atom is 0.337 e. The summed E-state index contributed by atoms with van der Waals surface area (Å²) in [6.07, 6.45) is 0. The van der Waals surface area contributed by atoms with Gasteiger partial charge in [-0.15, -0.1) is 0 Å². The predicted octanol–water partition coefficient (Wildman–Crippen LogP) is 3.30. The zero-order valence-corrected chi connectivity index (χ0v) is 15.7. The fourth-order valence-corrected chi connectivity index (χ4v) is 2.56. The van der Waals surface area contributed by atoms with Crippen LogP contribution in [0.15, 0.2) is 47.0 Å². The van der Waals surface area contributed by atoms with Gasteiger partial charge in [-0.3, -0.25) is 4.79 Å². The molecule has 0 saturated carbocycles. The third kappa shape index (κ3) is 4.35. The highest BCUT2D eigenvalue weighted by atomic mass is 16.5. The van der Waals surface area contributed by atoms with E-state index in [0.717, 1.165) is 5.56 Å². The zero-order chi connectivity index (χ0) is 20.1. The van der Waals surface area contributed by atoms with Crippen molar-refractivity contribution in [3.63, 3.8) is 0 Å². The molecule has 3 aromatic rings. The molecule has 0 bridgehead atoms. The van der Waals surface area contributed by atoms with Crippen molar-refractivity contribution in [3.8, 4) is 5.75 Å². The summed E-state index contributed by atoms with van der Waals surface area (Å²) in [5.74, 6) is 0.453. The lowest BCUT2D eigenvalue weighted by atomic mass is 10.1. The number of aromatic nitrogens is 2. The molecule has 1 amide bonds. The first-order valence-electron chi connectivity index (χ1n) is 8.49. The zero-order valence-electron chi connectivity index (χ0n) is 15.7. The van der Waals surface area contributed by atoms with Crippen LogP contribution in [0, 0.1) is 13.8 Å². The van der Waals surface area contributed by atoms with Gasteiger partial charge in [0.05, 0.1) is 18.2 Å². The Morgan fingerprint density at radius 3 is 2.61 bits per heavy atom. The van der Waals surface area contributed by atoms with Crippen LogP contribution in [-0.4, -0.2) is 29.1 Å². The summed E-state index contributed by atoms with van der Waals surface area (Å²) >= 11 is 0. The average molecular weight is 381 g/mol. The van der Waals surface area contributed by atoms with Gasteiger partial charge in [-0.25, -0.2) is 4.79 Å². The fraction of sp³-hybridized carbons (Fsp3) is 0.200. The number of rotatable bonds is 6. The van der Waals surface area contributed by atoms with E-state index in [0.29, 0.717) is 34.3 Å². The molecule has 0 atom stereocenters. The number of aryl methyl sites for hydroxylation is 2. The predicted molar refractivity (Wildman–Crippen MR) is 100 cm³/mol. The summed E-state index contributed by atoms with van der Waals surface area (Å²) < 4.78 is 15.3. The molecule has 0 aliphatic heterocycles. The Bertz CT molecular complexity index is 1010. The molecule has 8 heteroatoms. The normalized spacial score (nSPS) is 10.4. The van der Waals surface area contributed by atoms with Crippen LogP contribution in [0.2, 0.25) is 0 Å². The number of nitrogens with one attached hydrogen (secondary N) is 1. The number of esters is 1. The van der Waals surface area contributed by atoms with Gasteiger partial charge in [0.2, 0.25) is 11.7 Å². The van der Waals surface area contributed by atoms with E-state index in [1.807, 2.05) is 0 Å². The molecule has 0 spiro atoms. The topological polar surface area (TPSA) is 104 Å². The minimum Gasteiger partial charge on any atom is -0.485 e. The largest absolute Gasteiger partial charge is 0.485 e. The van der Waals surface area contributed by atoms with E-state index in [2.05, 4.69) is 15.5 Å². The number of benzene rings is 2.